The Morgan fingerprint density at radius 3 is 2.68 bits per heavy atom. The van der Waals surface area contributed by atoms with Crippen molar-refractivity contribution in [3.63, 3.8) is 0 Å². The standard InChI is InChI=1S/C14H22N2O3/c1-3-16(6-5-7-17)14(18)11-8-12(15)10-13(9-11)19-4-2/h8-10,17H,3-7,15H2,1-2H3. The van der Waals surface area contributed by atoms with Crippen molar-refractivity contribution in [2.45, 2.75) is 20.3 Å². The highest BCUT2D eigenvalue weighted by Gasteiger charge is 2.15. The SMILES string of the molecule is CCOc1cc(N)cc(C(=O)N(CC)CCCO)c1. The molecule has 1 aromatic carbocycles. The van der Waals surface area contributed by atoms with Gasteiger partial charge in [-0.05, 0) is 32.4 Å². The lowest BCUT2D eigenvalue weighted by Gasteiger charge is -2.21. The second kappa shape index (κ2) is 7.63. The van der Waals surface area contributed by atoms with E-state index in [1.165, 1.54) is 0 Å². The summed E-state index contributed by atoms with van der Waals surface area (Å²) in [5.41, 5.74) is 6.80. The molecule has 0 aliphatic heterocycles. The van der Waals surface area contributed by atoms with Gasteiger partial charge in [0.2, 0.25) is 0 Å². The van der Waals surface area contributed by atoms with E-state index in [1.807, 2.05) is 13.8 Å². The minimum Gasteiger partial charge on any atom is -0.494 e. The number of aliphatic hydroxyl groups excluding tert-OH is 1. The van der Waals surface area contributed by atoms with Crippen molar-refractivity contribution in [1.29, 1.82) is 0 Å². The maximum atomic E-state index is 12.3. The van der Waals surface area contributed by atoms with Gasteiger partial charge < -0.3 is 20.5 Å². The predicted molar refractivity (Wildman–Crippen MR) is 75.3 cm³/mol. The van der Waals surface area contributed by atoms with E-state index in [2.05, 4.69) is 0 Å². The number of carbonyl (C=O) groups excluding carboxylic acids is 1. The first-order valence-electron chi connectivity index (χ1n) is 6.55. The summed E-state index contributed by atoms with van der Waals surface area (Å²) in [5, 5.41) is 8.84. The number of amides is 1. The third kappa shape index (κ3) is 4.44. The molecule has 1 rings (SSSR count). The highest BCUT2D eigenvalue weighted by atomic mass is 16.5. The summed E-state index contributed by atoms with van der Waals surface area (Å²) in [4.78, 5) is 14.0. The summed E-state index contributed by atoms with van der Waals surface area (Å²) in [6.45, 7) is 5.52. The fourth-order valence-corrected chi connectivity index (χ4v) is 1.84. The molecule has 3 N–H and O–H groups in total. The van der Waals surface area contributed by atoms with Crippen LogP contribution in [0.25, 0.3) is 0 Å². The van der Waals surface area contributed by atoms with Crippen LogP contribution in [0.1, 0.15) is 30.6 Å². The Hall–Kier alpha value is -1.75. The monoisotopic (exact) mass is 266 g/mol. The summed E-state index contributed by atoms with van der Waals surface area (Å²) in [6.07, 6.45) is 0.570. The highest BCUT2D eigenvalue weighted by molar-refractivity contribution is 5.95. The molecule has 0 radical (unpaired) electrons. The van der Waals surface area contributed by atoms with Crippen LogP contribution in [0.2, 0.25) is 0 Å². The van der Waals surface area contributed by atoms with Gasteiger partial charge in [0, 0.05) is 37.0 Å². The van der Waals surface area contributed by atoms with E-state index in [9.17, 15) is 4.79 Å². The summed E-state index contributed by atoms with van der Waals surface area (Å²) in [6, 6.07) is 5.04. The molecule has 0 heterocycles. The number of benzene rings is 1. The summed E-state index contributed by atoms with van der Waals surface area (Å²) >= 11 is 0. The molecule has 1 aromatic rings. The minimum absolute atomic E-state index is 0.0743. The molecule has 0 saturated heterocycles. The van der Waals surface area contributed by atoms with Crippen LogP contribution >= 0.6 is 0 Å². The van der Waals surface area contributed by atoms with Crippen molar-refractivity contribution in [2.24, 2.45) is 0 Å². The second-order valence-corrected chi connectivity index (χ2v) is 4.19. The molecular weight excluding hydrogens is 244 g/mol. The molecule has 0 aliphatic carbocycles. The molecule has 0 atom stereocenters. The van der Waals surface area contributed by atoms with Gasteiger partial charge >= 0.3 is 0 Å². The van der Waals surface area contributed by atoms with Crippen LogP contribution < -0.4 is 10.5 Å². The molecule has 5 heteroatoms. The van der Waals surface area contributed by atoms with E-state index < -0.39 is 0 Å². The first-order valence-corrected chi connectivity index (χ1v) is 6.55. The average molecular weight is 266 g/mol. The number of ether oxygens (including phenoxy) is 1. The Bertz CT molecular complexity index is 421. The molecule has 19 heavy (non-hydrogen) atoms. The fourth-order valence-electron chi connectivity index (χ4n) is 1.84. The van der Waals surface area contributed by atoms with Gasteiger partial charge in [0.15, 0.2) is 0 Å². The van der Waals surface area contributed by atoms with E-state index in [0.717, 1.165) is 0 Å². The quantitative estimate of drug-likeness (QED) is 0.734. The van der Waals surface area contributed by atoms with Crippen molar-refractivity contribution in [3.8, 4) is 5.75 Å². The number of hydrogen-bond acceptors (Lipinski definition) is 4. The van der Waals surface area contributed by atoms with Gasteiger partial charge in [0.25, 0.3) is 5.91 Å². The Morgan fingerprint density at radius 1 is 1.37 bits per heavy atom. The molecular formula is C14H22N2O3. The normalized spacial score (nSPS) is 10.3. The molecule has 0 saturated carbocycles. The van der Waals surface area contributed by atoms with Gasteiger partial charge in [-0.3, -0.25) is 4.79 Å². The van der Waals surface area contributed by atoms with Crippen LogP contribution in [0.5, 0.6) is 5.75 Å². The fraction of sp³-hybridized carbons (Fsp3) is 0.500. The van der Waals surface area contributed by atoms with Crippen LogP contribution in [0.4, 0.5) is 5.69 Å². The lowest BCUT2D eigenvalue weighted by Crippen LogP contribution is -2.32. The van der Waals surface area contributed by atoms with E-state index in [4.69, 9.17) is 15.6 Å². The lowest BCUT2D eigenvalue weighted by atomic mass is 10.1. The Balaban J connectivity index is 2.90. The van der Waals surface area contributed by atoms with Gasteiger partial charge in [0.1, 0.15) is 5.75 Å². The molecule has 106 valence electrons. The first-order chi connectivity index (χ1) is 9.12. The van der Waals surface area contributed by atoms with Crippen LogP contribution in [0.15, 0.2) is 18.2 Å². The van der Waals surface area contributed by atoms with E-state index in [0.29, 0.717) is 43.1 Å². The zero-order chi connectivity index (χ0) is 14.3. The Labute approximate surface area is 114 Å². The first kappa shape index (κ1) is 15.3. The Morgan fingerprint density at radius 2 is 2.11 bits per heavy atom. The molecule has 1 amide bonds. The highest BCUT2D eigenvalue weighted by Crippen LogP contribution is 2.20. The second-order valence-electron chi connectivity index (χ2n) is 4.19. The maximum Gasteiger partial charge on any atom is 0.254 e. The van der Waals surface area contributed by atoms with Crippen molar-refractivity contribution in [1.82, 2.24) is 4.90 Å². The number of nitrogens with two attached hydrogens (primary N) is 1. The van der Waals surface area contributed by atoms with Gasteiger partial charge in [0.05, 0.1) is 6.61 Å². The summed E-state index contributed by atoms with van der Waals surface area (Å²) in [7, 11) is 0. The lowest BCUT2D eigenvalue weighted by molar-refractivity contribution is 0.0754. The predicted octanol–water partition coefficient (Wildman–Crippen LogP) is 1.51. The molecule has 0 unspecified atom stereocenters. The van der Waals surface area contributed by atoms with Crippen molar-refractivity contribution >= 4 is 11.6 Å². The summed E-state index contributed by atoms with van der Waals surface area (Å²) in [5.74, 6) is 0.508. The van der Waals surface area contributed by atoms with E-state index in [-0.39, 0.29) is 12.5 Å². The topological polar surface area (TPSA) is 75.8 Å². The number of rotatable bonds is 7. The number of carbonyl (C=O) groups is 1. The largest absolute Gasteiger partial charge is 0.494 e. The van der Waals surface area contributed by atoms with E-state index in [1.54, 1.807) is 23.1 Å². The van der Waals surface area contributed by atoms with Crippen molar-refractivity contribution in [2.75, 3.05) is 32.0 Å². The van der Waals surface area contributed by atoms with Crippen LogP contribution in [0, 0.1) is 0 Å². The van der Waals surface area contributed by atoms with Crippen LogP contribution in [-0.2, 0) is 0 Å². The number of aliphatic hydroxyl groups is 1. The molecule has 0 fully saturated rings. The minimum atomic E-state index is -0.0933. The Kier molecular flexibility index (Phi) is 6.15. The average Bonchev–Trinajstić information content (AvgIpc) is 2.39. The van der Waals surface area contributed by atoms with E-state index >= 15 is 0 Å². The number of hydrogen-bond donors (Lipinski definition) is 2. The van der Waals surface area contributed by atoms with Gasteiger partial charge in [-0.15, -0.1) is 0 Å². The van der Waals surface area contributed by atoms with Crippen LogP contribution in [-0.4, -0.2) is 42.2 Å². The zero-order valence-electron chi connectivity index (χ0n) is 11.6. The number of nitrogen functional groups attached to an aromatic ring is 1. The third-order valence-electron chi connectivity index (χ3n) is 2.74. The smallest absolute Gasteiger partial charge is 0.254 e. The van der Waals surface area contributed by atoms with Crippen molar-refractivity contribution < 1.29 is 14.6 Å². The zero-order valence-corrected chi connectivity index (χ0v) is 11.6. The van der Waals surface area contributed by atoms with Gasteiger partial charge in [-0.1, -0.05) is 0 Å². The van der Waals surface area contributed by atoms with Gasteiger partial charge in [-0.25, -0.2) is 0 Å². The van der Waals surface area contributed by atoms with Gasteiger partial charge in [-0.2, -0.15) is 0 Å². The van der Waals surface area contributed by atoms with Crippen LogP contribution in [0.3, 0.4) is 0 Å². The number of anilines is 1. The number of nitrogens with zero attached hydrogens (tertiary/aromatic N) is 1. The summed E-state index contributed by atoms with van der Waals surface area (Å²) < 4.78 is 5.38. The molecule has 0 bridgehead atoms. The molecule has 5 nitrogen and oxygen atoms in total. The third-order valence-corrected chi connectivity index (χ3v) is 2.74. The maximum absolute atomic E-state index is 12.3. The molecule has 0 spiro atoms. The molecule has 0 aromatic heterocycles. The van der Waals surface area contributed by atoms with Crippen molar-refractivity contribution in [3.05, 3.63) is 23.8 Å². The molecule has 0 aliphatic rings.